The van der Waals surface area contributed by atoms with Crippen LogP contribution in [0.5, 0.6) is 11.5 Å². The fourth-order valence-corrected chi connectivity index (χ4v) is 3.14. The van der Waals surface area contributed by atoms with Gasteiger partial charge in [-0.1, -0.05) is 6.58 Å². The normalized spacial score (nSPS) is 11.2. The van der Waals surface area contributed by atoms with E-state index in [1.165, 1.54) is 26.0 Å². The molecule has 28 heavy (non-hydrogen) atoms. The lowest BCUT2D eigenvalue weighted by atomic mass is 10.1. The first-order valence-corrected chi connectivity index (χ1v) is 8.49. The molecule has 2 heterocycles. The molecule has 2 aromatic carbocycles. The highest BCUT2D eigenvalue weighted by atomic mass is 16.4. The Morgan fingerprint density at radius 2 is 1.14 bits per heavy atom. The first-order chi connectivity index (χ1) is 13.2. The van der Waals surface area contributed by atoms with E-state index >= 15 is 0 Å². The minimum Gasteiger partial charge on any atom is -0.507 e. The number of rotatable bonds is 4. The second-order valence-electron chi connectivity index (χ2n) is 6.63. The minimum absolute atomic E-state index is 0.150. The summed E-state index contributed by atoms with van der Waals surface area (Å²) in [4.78, 5) is 23.2. The molecule has 0 spiro atoms. The van der Waals surface area contributed by atoms with Crippen molar-refractivity contribution >= 4 is 39.1 Å². The van der Waals surface area contributed by atoms with Gasteiger partial charge in [0.15, 0.2) is 11.6 Å². The van der Waals surface area contributed by atoms with E-state index in [9.17, 15) is 19.8 Å². The topological polar surface area (TPSA) is 101 Å². The fourth-order valence-electron chi connectivity index (χ4n) is 3.14. The van der Waals surface area contributed by atoms with Gasteiger partial charge in [0.1, 0.15) is 34.2 Å². The number of hydrogen-bond acceptors (Lipinski definition) is 6. The van der Waals surface area contributed by atoms with Crippen molar-refractivity contribution in [1.29, 1.82) is 0 Å². The van der Waals surface area contributed by atoms with Gasteiger partial charge in [-0.2, -0.15) is 0 Å². The van der Waals surface area contributed by atoms with Crippen LogP contribution in [0.25, 0.3) is 27.5 Å². The van der Waals surface area contributed by atoms with E-state index in [-0.39, 0.29) is 34.2 Å². The molecule has 4 aromatic rings. The summed E-state index contributed by atoms with van der Waals surface area (Å²) in [5, 5.41) is 21.2. The van der Waals surface area contributed by atoms with E-state index < -0.39 is 0 Å². The van der Waals surface area contributed by atoms with Gasteiger partial charge in [-0.05, 0) is 38.1 Å². The highest BCUT2D eigenvalue weighted by molar-refractivity contribution is 6.02. The number of carbonyl (C=O) groups is 2. The Morgan fingerprint density at radius 3 is 1.50 bits per heavy atom. The number of hydrogen-bond donors (Lipinski definition) is 2. The zero-order chi connectivity index (χ0) is 20.2. The van der Waals surface area contributed by atoms with Gasteiger partial charge in [-0.3, -0.25) is 9.59 Å². The van der Waals surface area contributed by atoms with Crippen molar-refractivity contribution in [3.05, 3.63) is 65.6 Å². The summed E-state index contributed by atoms with van der Waals surface area (Å²) in [5.41, 5.74) is 1.68. The summed E-state index contributed by atoms with van der Waals surface area (Å²) in [7, 11) is 0. The van der Waals surface area contributed by atoms with Crippen LogP contribution >= 0.6 is 0 Å². The van der Waals surface area contributed by atoms with Gasteiger partial charge in [0.05, 0.1) is 16.7 Å². The zero-order valence-corrected chi connectivity index (χ0v) is 15.2. The van der Waals surface area contributed by atoms with Crippen molar-refractivity contribution in [1.82, 2.24) is 0 Å². The molecule has 0 aliphatic carbocycles. The molecule has 4 rings (SSSR count). The largest absolute Gasteiger partial charge is 0.507 e. The van der Waals surface area contributed by atoms with E-state index in [1.807, 2.05) is 0 Å². The number of phenols is 2. The Balaban J connectivity index is 1.78. The Bertz CT molecular complexity index is 1200. The molecule has 2 N–H and O–H groups in total. The van der Waals surface area contributed by atoms with Crippen molar-refractivity contribution in [3.8, 4) is 11.5 Å². The standard InChI is InChI=1S/C22H16O6/c1-10(19-6-13-4-15(11(2)23)17(25)8-21(13)27-19)20-7-14-5-16(12(3)24)18(26)9-22(14)28-20/h4-9,25-26H,1H2,2-3H3. The average molecular weight is 376 g/mol. The smallest absolute Gasteiger partial charge is 0.163 e. The van der Waals surface area contributed by atoms with Crippen molar-refractivity contribution in [2.24, 2.45) is 0 Å². The Kier molecular flexibility index (Phi) is 3.85. The van der Waals surface area contributed by atoms with Crippen molar-refractivity contribution < 1.29 is 28.6 Å². The monoisotopic (exact) mass is 376 g/mol. The van der Waals surface area contributed by atoms with Crippen LogP contribution in [0.15, 0.2) is 51.8 Å². The third kappa shape index (κ3) is 2.75. The second kappa shape index (κ2) is 6.13. The van der Waals surface area contributed by atoms with Gasteiger partial charge < -0.3 is 19.0 Å². The van der Waals surface area contributed by atoms with Gasteiger partial charge in [0.2, 0.25) is 0 Å². The van der Waals surface area contributed by atoms with Crippen LogP contribution in [-0.2, 0) is 0 Å². The number of fused-ring (bicyclic) bond motifs is 2. The number of furan rings is 2. The molecule has 0 amide bonds. The lowest BCUT2D eigenvalue weighted by molar-refractivity contribution is 0.100. The Morgan fingerprint density at radius 1 is 0.750 bits per heavy atom. The number of phenolic OH excluding ortho intramolecular Hbond substituents is 2. The molecular weight excluding hydrogens is 360 g/mol. The molecule has 0 saturated carbocycles. The number of carbonyl (C=O) groups excluding carboxylic acids is 2. The summed E-state index contributed by atoms with van der Waals surface area (Å²) in [6.07, 6.45) is 0. The van der Waals surface area contributed by atoms with Crippen molar-refractivity contribution in [2.75, 3.05) is 0 Å². The summed E-state index contributed by atoms with van der Waals surface area (Å²) in [5.74, 6) is 0.0130. The van der Waals surface area contributed by atoms with Crippen LogP contribution in [0.1, 0.15) is 46.1 Å². The minimum atomic E-state index is -0.251. The molecule has 0 saturated heterocycles. The highest BCUT2D eigenvalue weighted by Gasteiger charge is 2.18. The van der Waals surface area contributed by atoms with Gasteiger partial charge in [-0.25, -0.2) is 0 Å². The molecule has 140 valence electrons. The first-order valence-electron chi connectivity index (χ1n) is 8.49. The van der Waals surface area contributed by atoms with Crippen molar-refractivity contribution in [3.63, 3.8) is 0 Å². The van der Waals surface area contributed by atoms with Gasteiger partial charge in [-0.15, -0.1) is 0 Å². The highest BCUT2D eigenvalue weighted by Crippen LogP contribution is 2.35. The molecule has 0 bridgehead atoms. The quantitative estimate of drug-likeness (QED) is 0.483. The van der Waals surface area contributed by atoms with Crippen LogP contribution in [-0.4, -0.2) is 21.8 Å². The van der Waals surface area contributed by atoms with Crippen LogP contribution in [0.3, 0.4) is 0 Å². The van der Waals surface area contributed by atoms with E-state index in [1.54, 1.807) is 24.3 Å². The molecule has 2 aromatic heterocycles. The molecular formula is C22H16O6. The lowest BCUT2D eigenvalue weighted by Gasteiger charge is -1.99. The van der Waals surface area contributed by atoms with Gasteiger partial charge in [0, 0.05) is 22.9 Å². The zero-order valence-electron chi connectivity index (χ0n) is 15.2. The van der Waals surface area contributed by atoms with Crippen LogP contribution in [0.4, 0.5) is 0 Å². The van der Waals surface area contributed by atoms with Crippen LogP contribution in [0, 0.1) is 0 Å². The number of ketones is 2. The molecule has 6 nitrogen and oxygen atoms in total. The maximum atomic E-state index is 11.6. The molecule has 0 unspecified atom stereocenters. The summed E-state index contributed by atoms with van der Waals surface area (Å²) in [6.45, 7) is 6.75. The third-order valence-corrected chi connectivity index (χ3v) is 4.62. The lowest BCUT2D eigenvalue weighted by Crippen LogP contribution is -1.91. The molecule has 0 radical (unpaired) electrons. The molecule has 0 aliphatic rings. The van der Waals surface area contributed by atoms with Crippen molar-refractivity contribution in [2.45, 2.75) is 13.8 Å². The van der Waals surface area contributed by atoms with Crippen LogP contribution in [0.2, 0.25) is 0 Å². The molecule has 6 heteroatoms. The SMILES string of the molecule is C=C(c1cc2cc(C(C)=O)c(O)cc2o1)c1cc2cc(C(C)=O)c(O)cc2o1. The third-order valence-electron chi connectivity index (χ3n) is 4.62. The fraction of sp³-hybridized carbons (Fsp3) is 0.0909. The number of Topliss-reactive ketones (excluding diaryl/α,β-unsaturated/α-hetero) is 2. The van der Waals surface area contributed by atoms with Gasteiger partial charge >= 0.3 is 0 Å². The average Bonchev–Trinajstić information content (AvgIpc) is 3.22. The van der Waals surface area contributed by atoms with Gasteiger partial charge in [0.25, 0.3) is 0 Å². The predicted molar refractivity (Wildman–Crippen MR) is 104 cm³/mol. The second-order valence-corrected chi connectivity index (χ2v) is 6.63. The number of benzene rings is 2. The summed E-state index contributed by atoms with van der Waals surface area (Å²) < 4.78 is 11.5. The van der Waals surface area contributed by atoms with E-state index in [4.69, 9.17) is 8.83 Å². The maximum Gasteiger partial charge on any atom is 0.163 e. The predicted octanol–water partition coefficient (Wildman–Crippen LogP) is 5.06. The number of aromatic hydroxyl groups is 2. The Hall–Kier alpha value is -3.80. The molecule has 0 atom stereocenters. The van der Waals surface area contributed by atoms with E-state index in [0.29, 0.717) is 39.0 Å². The van der Waals surface area contributed by atoms with E-state index in [0.717, 1.165) is 0 Å². The molecule has 0 aliphatic heterocycles. The first kappa shape index (κ1) is 17.6. The maximum absolute atomic E-state index is 11.6. The molecule has 0 fully saturated rings. The summed E-state index contributed by atoms with van der Waals surface area (Å²) in [6, 6.07) is 9.30. The summed E-state index contributed by atoms with van der Waals surface area (Å²) >= 11 is 0. The van der Waals surface area contributed by atoms with Crippen LogP contribution < -0.4 is 0 Å². The van der Waals surface area contributed by atoms with E-state index in [2.05, 4.69) is 6.58 Å². The Labute approximate surface area is 159 Å².